The van der Waals surface area contributed by atoms with Gasteiger partial charge in [0, 0.05) is 25.1 Å². The van der Waals surface area contributed by atoms with Gasteiger partial charge < -0.3 is 15.0 Å². The van der Waals surface area contributed by atoms with Crippen LogP contribution in [0.1, 0.15) is 23.7 Å². The molecule has 0 spiro atoms. The maximum absolute atomic E-state index is 12.0. The monoisotopic (exact) mass is 276 g/mol. The van der Waals surface area contributed by atoms with Gasteiger partial charge in [-0.2, -0.15) is 0 Å². The molecule has 2 amide bonds. The van der Waals surface area contributed by atoms with Crippen LogP contribution in [0.2, 0.25) is 0 Å². The molecule has 1 fully saturated rings. The maximum Gasteiger partial charge on any atom is 0.251 e. The number of rotatable bonds is 4. The lowest BCUT2D eigenvalue weighted by atomic mass is 10.2. The van der Waals surface area contributed by atoms with Crippen LogP contribution in [-0.4, -0.2) is 49.1 Å². The molecule has 1 aromatic carbocycles. The summed E-state index contributed by atoms with van der Waals surface area (Å²) in [5.74, 6) is -0.0809. The first-order valence-corrected chi connectivity index (χ1v) is 6.89. The van der Waals surface area contributed by atoms with Crippen molar-refractivity contribution < 1.29 is 14.3 Å². The third kappa shape index (κ3) is 3.81. The summed E-state index contributed by atoms with van der Waals surface area (Å²) in [6.07, 6.45) is 0.322. The normalized spacial score (nSPS) is 18.6. The quantitative estimate of drug-likeness (QED) is 0.894. The highest BCUT2D eigenvalue weighted by molar-refractivity contribution is 5.94. The van der Waals surface area contributed by atoms with E-state index in [9.17, 15) is 9.59 Å². The molecular weight excluding hydrogens is 256 g/mol. The van der Waals surface area contributed by atoms with Crippen molar-refractivity contribution in [3.63, 3.8) is 0 Å². The van der Waals surface area contributed by atoms with E-state index < -0.39 is 0 Å². The van der Waals surface area contributed by atoms with Crippen LogP contribution in [0.3, 0.4) is 0 Å². The molecule has 0 aliphatic carbocycles. The number of morpholine rings is 1. The second kappa shape index (κ2) is 7.05. The summed E-state index contributed by atoms with van der Waals surface area (Å²) in [4.78, 5) is 25.7. The third-order valence-electron chi connectivity index (χ3n) is 3.35. The molecule has 1 aliphatic rings. The highest BCUT2D eigenvalue weighted by atomic mass is 16.5. The number of amides is 2. The molecule has 0 saturated carbocycles. The third-order valence-corrected chi connectivity index (χ3v) is 3.35. The zero-order chi connectivity index (χ0) is 14.4. The molecule has 5 nitrogen and oxygen atoms in total. The Labute approximate surface area is 118 Å². The Morgan fingerprint density at radius 2 is 2.10 bits per heavy atom. The zero-order valence-electron chi connectivity index (χ0n) is 11.7. The van der Waals surface area contributed by atoms with E-state index in [0.717, 1.165) is 0 Å². The van der Waals surface area contributed by atoms with Gasteiger partial charge in [-0.25, -0.2) is 0 Å². The van der Waals surface area contributed by atoms with Crippen molar-refractivity contribution in [2.45, 2.75) is 19.4 Å². The fourth-order valence-corrected chi connectivity index (χ4v) is 2.22. The van der Waals surface area contributed by atoms with Crippen molar-refractivity contribution in [3.05, 3.63) is 35.9 Å². The summed E-state index contributed by atoms with van der Waals surface area (Å²) >= 11 is 0. The SMILES string of the molecule is CC1COCCN1C(=O)CCNC(=O)c1ccccc1. The van der Waals surface area contributed by atoms with E-state index in [2.05, 4.69) is 5.32 Å². The minimum atomic E-state index is -0.145. The predicted octanol–water partition coefficient (Wildman–Crippen LogP) is 1.05. The standard InChI is InChI=1S/C15H20N2O3/c1-12-11-20-10-9-17(12)14(18)7-8-16-15(19)13-5-3-2-4-6-13/h2-6,12H,7-11H2,1H3,(H,16,19). The number of nitrogens with zero attached hydrogens (tertiary/aromatic N) is 1. The van der Waals surface area contributed by atoms with E-state index in [1.807, 2.05) is 30.0 Å². The molecule has 1 aliphatic heterocycles. The largest absolute Gasteiger partial charge is 0.377 e. The van der Waals surface area contributed by atoms with Gasteiger partial charge in [0.2, 0.25) is 5.91 Å². The van der Waals surface area contributed by atoms with Crippen molar-refractivity contribution in [1.29, 1.82) is 0 Å². The Bertz CT molecular complexity index is 461. The molecular formula is C15H20N2O3. The Kier molecular flexibility index (Phi) is 5.12. The van der Waals surface area contributed by atoms with Crippen LogP contribution in [0.15, 0.2) is 30.3 Å². The summed E-state index contributed by atoms with van der Waals surface area (Å²) in [7, 11) is 0. The topological polar surface area (TPSA) is 58.6 Å². The number of carbonyl (C=O) groups is 2. The van der Waals surface area contributed by atoms with Crippen molar-refractivity contribution in [3.8, 4) is 0 Å². The fourth-order valence-electron chi connectivity index (χ4n) is 2.22. The van der Waals surface area contributed by atoms with Crippen molar-refractivity contribution in [2.24, 2.45) is 0 Å². The van der Waals surface area contributed by atoms with Crippen LogP contribution in [0.5, 0.6) is 0 Å². The van der Waals surface area contributed by atoms with Gasteiger partial charge >= 0.3 is 0 Å². The molecule has 0 radical (unpaired) electrons. The Morgan fingerprint density at radius 1 is 1.35 bits per heavy atom. The van der Waals surface area contributed by atoms with Gasteiger partial charge in [0.15, 0.2) is 0 Å². The summed E-state index contributed by atoms with van der Waals surface area (Å²) in [5, 5.41) is 2.77. The maximum atomic E-state index is 12.0. The van der Waals surface area contributed by atoms with Gasteiger partial charge in [-0.05, 0) is 19.1 Å². The first-order chi connectivity index (χ1) is 9.68. The second-order valence-electron chi connectivity index (χ2n) is 4.88. The van der Waals surface area contributed by atoms with Crippen molar-refractivity contribution >= 4 is 11.8 Å². The molecule has 0 bridgehead atoms. The highest BCUT2D eigenvalue weighted by Gasteiger charge is 2.23. The van der Waals surface area contributed by atoms with E-state index in [1.165, 1.54) is 0 Å². The molecule has 108 valence electrons. The van der Waals surface area contributed by atoms with E-state index in [1.54, 1.807) is 12.1 Å². The van der Waals surface area contributed by atoms with Gasteiger partial charge in [-0.3, -0.25) is 9.59 Å². The van der Waals surface area contributed by atoms with Crippen LogP contribution < -0.4 is 5.32 Å². The lowest BCUT2D eigenvalue weighted by Gasteiger charge is -2.33. The van der Waals surface area contributed by atoms with Crippen LogP contribution in [0.25, 0.3) is 0 Å². The van der Waals surface area contributed by atoms with Gasteiger partial charge in [0.25, 0.3) is 5.91 Å². The van der Waals surface area contributed by atoms with Gasteiger partial charge in [-0.15, -0.1) is 0 Å². The Hall–Kier alpha value is -1.88. The molecule has 1 unspecified atom stereocenters. The number of carbonyl (C=O) groups excluding carboxylic acids is 2. The molecule has 1 heterocycles. The zero-order valence-corrected chi connectivity index (χ0v) is 11.7. The molecule has 2 rings (SSSR count). The molecule has 20 heavy (non-hydrogen) atoms. The van der Waals surface area contributed by atoms with Crippen LogP contribution >= 0.6 is 0 Å². The molecule has 1 saturated heterocycles. The first-order valence-electron chi connectivity index (χ1n) is 6.89. The Balaban J connectivity index is 1.75. The fraction of sp³-hybridized carbons (Fsp3) is 0.467. The van der Waals surface area contributed by atoms with E-state index >= 15 is 0 Å². The lowest BCUT2D eigenvalue weighted by molar-refractivity contribution is -0.138. The molecule has 0 aromatic heterocycles. The van der Waals surface area contributed by atoms with E-state index in [4.69, 9.17) is 4.74 Å². The average molecular weight is 276 g/mol. The minimum absolute atomic E-state index is 0.0640. The van der Waals surface area contributed by atoms with Crippen molar-refractivity contribution in [2.75, 3.05) is 26.3 Å². The van der Waals surface area contributed by atoms with Gasteiger partial charge in [0.1, 0.15) is 0 Å². The number of hydrogen-bond acceptors (Lipinski definition) is 3. The molecule has 5 heteroatoms. The number of hydrogen-bond donors (Lipinski definition) is 1. The first kappa shape index (κ1) is 14.5. The number of benzene rings is 1. The van der Waals surface area contributed by atoms with E-state index in [-0.39, 0.29) is 17.9 Å². The molecule has 1 aromatic rings. The molecule has 1 N–H and O–H groups in total. The van der Waals surface area contributed by atoms with Crippen LogP contribution in [-0.2, 0) is 9.53 Å². The second-order valence-corrected chi connectivity index (χ2v) is 4.88. The Morgan fingerprint density at radius 3 is 2.80 bits per heavy atom. The summed E-state index contributed by atoms with van der Waals surface area (Å²) in [6, 6.07) is 9.11. The molecule has 1 atom stereocenters. The van der Waals surface area contributed by atoms with Crippen molar-refractivity contribution in [1.82, 2.24) is 10.2 Å². The van der Waals surface area contributed by atoms with Gasteiger partial charge in [0.05, 0.1) is 19.3 Å². The average Bonchev–Trinajstić information content (AvgIpc) is 2.48. The lowest BCUT2D eigenvalue weighted by Crippen LogP contribution is -2.47. The van der Waals surface area contributed by atoms with Gasteiger partial charge in [-0.1, -0.05) is 18.2 Å². The predicted molar refractivity (Wildman–Crippen MR) is 75.4 cm³/mol. The number of nitrogens with one attached hydrogen (secondary N) is 1. The minimum Gasteiger partial charge on any atom is -0.377 e. The highest BCUT2D eigenvalue weighted by Crippen LogP contribution is 2.07. The smallest absolute Gasteiger partial charge is 0.251 e. The summed E-state index contributed by atoms with van der Waals surface area (Å²) in [6.45, 7) is 4.14. The summed E-state index contributed by atoms with van der Waals surface area (Å²) < 4.78 is 5.30. The van der Waals surface area contributed by atoms with E-state index in [0.29, 0.717) is 38.3 Å². The summed E-state index contributed by atoms with van der Waals surface area (Å²) in [5.41, 5.74) is 0.611. The number of ether oxygens (including phenoxy) is 1. The van der Waals surface area contributed by atoms with Crippen LogP contribution in [0.4, 0.5) is 0 Å². The van der Waals surface area contributed by atoms with Crippen LogP contribution in [0, 0.1) is 0 Å².